The van der Waals surface area contributed by atoms with Crippen molar-refractivity contribution in [3.05, 3.63) is 23.8 Å². The third-order valence-corrected chi connectivity index (χ3v) is 2.62. The molecule has 2 heteroatoms. The maximum absolute atomic E-state index is 9.37. The molecule has 0 unspecified atom stereocenters. The van der Waals surface area contributed by atoms with Gasteiger partial charge in [-0.15, -0.1) is 0 Å². The first kappa shape index (κ1) is 8.42. The Morgan fingerprint density at radius 3 is 2.85 bits per heavy atom. The van der Waals surface area contributed by atoms with Gasteiger partial charge in [0, 0.05) is 24.3 Å². The van der Waals surface area contributed by atoms with Crippen LogP contribution in [0.5, 0.6) is 5.75 Å². The first-order valence-corrected chi connectivity index (χ1v) is 4.77. The van der Waals surface area contributed by atoms with Crippen LogP contribution in [0.25, 0.3) is 0 Å². The summed E-state index contributed by atoms with van der Waals surface area (Å²) >= 11 is 0. The second-order valence-corrected chi connectivity index (χ2v) is 3.85. The van der Waals surface area contributed by atoms with E-state index in [1.54, 1.807) is 6.07 Å². The Morgan fingerprint density at radius 1 is 1.38 bits per heavy atom. The fraction of sp³-hybridized carbons (Fsp3) is 0.455. The van der Waals surface area contributed by atoms with E-state index in [4.69, 9.17) is 0 Å². The SMILES string of the molecule is CC(C)N1CCc2ccc(O)cc21. The number of fused-ring (bicyclic) bond motifs is 1. The third-order valence-electron chi connectivity index (χ3n) is 2.62. The lowest BCUT2D eigenvalue weighted by atomic mass is 10.1. The Morgan fingerprint density at radius 2 is 2.15 bits per heavy atom. The molecule has 1 aliphatic heterocycles. The monoisotopic (exact) mass is 177 g/mol. The maximum Gasteiger partial charge on any atom is 0.117 e. The van der Waals surface area contributed by atoms with Gasteiger partial charge < -0.3 is 10.0 Å². The van der Waals surface area contributed by atoms with Crippen LogP contribution in [0, 0.1) is 0 Å². The molecule has 2 rings (SSSR count). The van der Waals surface area contributed by atoms with Gasteiger partial charge in [0.05, 0.1) is 0 Å². The minimum absolute atomic E-state index is 0.367. The van der Waals surface area contributed by atoms with Crippen molar-refractivity contribution in [2.75, 3.05) is 11.4 Å². The van der Waals surface area contributed by atoms with Crippen LogP contribution in [0.4, 0.5) is 5.69 Å². The average molecular weight is 177 g/mol. The molecule has 0 atom stereocenters. The molecule has 1 aliphatic rings. The van der Waals surface area contributed by atoms with Crippen LogP contribution in [0.15, 0.2) is 18.2 Å². The van der Waals surface area contributed by atoms with E-state index < -0.39 is 0 Å². The molecule has 0 fully saturated rings. The molecule has 1 heterocycles. The summed E-state index contributed by atoms with van der Waals surface area (Å²) in [7, 11) is 0. The summed E-state index contributed by atoms with van der Waals surface area (Å²) < 4.78 is 0. The Kier molecular flexibility index (Phi) is 1.91. The molecule has 1 aromatic carbocycles. The van der Waals surface area contributed by atoms with Crippen LogP contribution in [-0.4, -0.2) is 17.7 Å². The molecule has 0 amide bonds. The number of anilines is 1. The molecule has 0 bridgehead atoms. The quantitative estimate of drug-likeness (QED) is 0.710. The van der Waals surface area contributed by atoms with Crippen LogP contribution < -0.4 is 4.90 Å². The van der Waals surface area contributed by atoms with Crippen LogP contribution in [0.2, 0.25) is 0 Å². The van der Waals surface area contributed by atoms with Crippen molar-refractivity contribution in [1.29, 1.82) is 0 Å². The Labute approximate surface area is 78.8 Å². The van der Waals surface area contributed by atoms with E-state index in [9.17, 15) is 5.11 Å². The van der Waals surface area contributed by atoms with E-state index in [1.165, 1.54) is 11.3 Å². The molecule has 0 saturated heterocycles. The fourth-order valence-corrected chi connectivity index (χ4v) is 1.93. The number of rotatable bonds is 1. The van der Waals surface area contributed by atoms with E-state index in [0.717, 1.165) is 13.0 Å². The van der Waals surface area contributed by atoms with Crippen LogP contribution in [-0.2, 0) is 6.42 Å². The highest BCUT2D eigenvalue weighted by molar-refractivity contribution is 5.61. The number of hydrogen-bond donors (Lipinski definition) is 1. The normalized spacial score (nSPS) is 15.2. The van der Waals surface area contributed by atoms with Gasteiger partial charge >= 0.3 is 0 Å². The van der Waals surface area contributed by atoms with E-state index in [2.05, 4.69) is 18.7 Å². The van der Waals surface area contributed by atoms with Crippen molar-refractivity contribution in [3.63, 3.8) is 0 Å². The molecule has 0 aliphatic carbocycles. The first-order valence-electron chi connectivity index (χ1n) is 4.77. The smallest absolute Gasteiger partial charge is 0.117 e. The third kappa shape index (κ3) is 1.37. The lowest BCUT2D eigenvalue weighted by Crippen LogP contribution is -2.28. The van der Waals surface area contributed by atoms with Gasteiger partial charge in [0.1, 0.15) is 5.75 Å². The first-order chi connectivity index (χ1) is 6.18. The highest BCUT2D eigenvalue weighted by atomic mass is 16.3. The number of aromatic hydroxyl groups is 1. The highest BCUT2D eigenvalue weighted by Crippen LogP contribution is 2.32. The van der Waals surface area contributed by atoms with Crippen molar-refractivity contribution >= 4 is 5.69 Å². The maximum atomic E-state index is 9.37. The number of phenolic OH excluding ortho intramolecular Hbond substituents is 1. The summed E-state index contributed by atoms with van der Waals surface area (Å²) in [5.74, 6) is 0.367. The van der Waals surface area contributed by atoms with E-state index >= 15 is 0 Å². The minimum Gasteiger partial charge on any atom is -0.508 e. The molecule has 0 radical (unpaired) electrons. The molecule has 70 valence electrons. The second-order valence-electron chi connectivity index (χ2n) is 3.85. The summed E-state index contributed by atoms with van der Waals surface area (Å²) in [6.07, 6.45) is 1.10. The fourth-order valence-electron chi connectivity index (χ4n) is 1.93. The zero-order valence-electron chi connectivity index (χ0n) is 8.12. The molecular formula is C11H15NO. The zero-order chi connectivity index (χ0) is 9.42. The molecule has 1 aromatic rings. The Balaban J connectivity index is 2.40. The van der Waals surface area contributed by atoms with E-state index in [0.29, 0.717) is 11.8 Å². The molecular weight excluding hydrogens is 162 g/mol. The zero-order valence-corrected chi connectivity index (χ0v) is 8.12. The van der Waals surface area contributed by atoms with Gasteiger partial charge in [-0.1, -0.05) is 6.07 Å². The van der Waals surface area contributed by atoms with Crippen molar-refractivity contribution in [1.82, 2.24) is 0 Å². The van der Waals surface area contributed by atoms with Gasteiger partial charge in [-0.3, -0.25) is 0 Å². The summed E-state index contributed by atoms with van der Waals surface area (Å²) in [5.41, 5.74) is 2.56. The molecule has 0 saturated carbocycles. The predicted octanol–water partition coefficient (Wildman–Crippen LogP) is 2.16. The van der Waals surface area contributed by atoms with Gasteiger partial charge in [-0.05, 0) is 31.9 Å². The minimum atomic E-state index is 0.367. The molecule has 2 nitrogen and oxygen atoms in total. The summed E-state index contributed by atoms with van der Waals surface area (Å²) in [5, 5.41) is 9.37. The predicted molar refractivity (Wildman–Crippen MR) is 54.3 cm³/mol. The number of benzene rings is 1. The standard InChI is InChI=1S/C11H15NO/c1-8(2)12-6-5-9-3-4-10(13)7-11(9)12/h3-4,7-8,13H,5-6H2,1-2H3. The summed E-state index contributed by atoms with van der Waals surface area (Å²) in [4.78, 5) is 2.33. The highest BCUT2D eigenvalue weighted by Gasteiger charge is 2.20. The van der Waals surface area contributed by atoms with Gasteiger partial charge in [-0.2, -0.15) is 0 Å². The van der Waals surface area contributed by atoms with Crippen molar-refractivity contribution in [2.24, 2.45) is 0 Å². The average Bonchev–Trinajstić information content (AvgIpc) is 2.46. The van der Waals surface area contributed by atoms with Crippen molar-refractivity contribution in [2.45, 2.75) is 26.3 Å². The largest absolute Gasteiger partial charge is 0.508 e. The van der Waals surface area contributed by atoms with Gasteiger partial charge in [0.25, 0.3) is 0 Å². The number of phenols is 1. The summed E-state index contributed by atoms with van der Waals surface area (Å²) in [6.45, 7) is 5.44. The topological polar surface area (TPSA) is 23.5 Å². The van der Waals surface area contributed by atoms with E-state index in [1.807, 2.05) is 12.1 Å². The van der Waals surface area contributed by atoms with E-state index in [-0.39, 0.29) is 0 Å². The van der Waals surface area contributed by atoms with Gasteiger partial charge in [0.15, 0.2) is 0 Å². The Bertz CT molecular complexity index is 320. The summed E-state index contributed by atoms with van der Waals surface area (Å²) in [6, 6.07) is 6.17. The Hall–Kier alpha value is -1.18. The lowest BCUT2D eigenvalue weighted by molar-refractivity contribution is 0.475. The molecule has 0 spiro atoms. The van der Waals surface area contributed by atoms with Crippen molar-refractivity contribution < 1.29 is 5.11 Å². The van der Waals surface area contributed by atoms with Crippen LogP contribution in [0.1, 0.15) is 19.4 Å². The van der Waals surface area contributed by atoms with Gasteiger partial charge in [0.2, 0.25) is 0 Å². The number of nitrogens with zero attached hydrogens (tertiary/aromatic N) is 1. The van der Waals surface area contributed by atoms with Crippen LogP contribution >= 0.6 is 0 Å². The van der Waals surface area contributed by atoms with Crippen LogP contribution in [0.3, 0.4) is 0 Å². The van der Waals surface area contributed by atoms with Crippen molar-refractivity contribution in [3.8, 4) is 5.75 Å². The van der Waals surface area contributed by atoms with Gasteiger partial charge in [-0.25, -0.2) is 0 Å². The number of hydrogen-bond acceptors (Lipinski definition) is 2. The molecule has 1 N–H and O–H groups in total. The molecule has 0 aromatic heterocycles. The molecule has 13 heavy (non-hydrogen) atoms. The lowest BCUT2D eigenvalue weighted by Gasteiger charge is -2.23. The second kappa shape index (κ2) is 2.95.